The minimum atomic E-state index is -0.472. The number of benzene rings is 1. The Morgan fingerprint density at radius 2 is 2.00 bits per heavy atom. The molecular weight excluding hydrogens is 186 g/mol. The van der Waals surface area contributed by atoms with Crippen molar-refractivity contribution < 1.29 is 5.11 Å². The van der Waals surface area contributed by atoms with Gasteiger partial charge in [-0.25, -0.2) is 0 Å². The molecule has 0 bridgehead atoms. The van der Waals surface area contributed by atoms with E-state index < -0.39 is 6.10 Å². The first-order valence-electron chi connectivity index (χ1n) is 5.11. The number of aliphatic hydroxyl groups is 1. The summed E-state index contributed by atoms with van der Waals surface area (Å²) in [4.78, 5) is 0. The van der Waals surface area contributed by atoms with Crippen molar-refractivity contribution in [2.45, 2.75) is 25.9 Å². The third-order valence-electron chi connectivity index (χ3n) is 2.19. The fourth-order valence-electron chi connectivity index (χ4n) is 1.31. The Labute approximate surface area is 90.5 Å². The largest absolute Gasteiger partial charge is 0.388 e. The molecule has 15 heavy (non-hydrogen) atoms. The maximum Gasteiger partial charge on any atom is 0.0991 e. The van der Waals surface area contributed by atoms with Crippen molar-refractivity contribution in [2.24, 2.45) is 0 Å². The zero-order valence-electron chi connectivity index (χ0n) is 8.85. The Morgan fingerprint density at radius 1 is 1.33 bits per heavy atom. The zero-order valence-corrected chi connectivity index (χ0v) is 8.85. The number of hydrogen-bond donors (Lipinski definition) is 1. The van der Waals surface area contributed by atoms with Crippen molar-refractivity contribution in [3.8, 4) is 6.07 Å². The van der Waals surface area contributed by atoms with E-state index >= 15 is 0 Å². The maximum absolute atomic E-state index is 9.78. The van der Waals surface area contributed by atoms with Gasteiger partial charge in [0.25, 0.3) is 0 Å². The topological polar surface area (TPSA) is 44.0 Å². The van der Waals surface area contributed by atoms with Gasteiger partial charge in [0.2, 0.25) is 0 Å². The first-order chi connectivity index (χ1) is 7.27. The highest BCUT2D eigenvalue weighted by molar-refractivity contribution is 5.32. The summed E-state index contributed by atoms with van der Waals surface area (Å²) in [7, 11) is 0. The molecule has 0 spiro atoms. The van der Waals surface area contributed by atoms with Gasteiger partial charge in [-0.3, -0.25) is 0 Å². The average molecular weight is 201 g/mol. The molecular formula is C13H15NO. The molecule has 0 aliphatic heterocycles. The summed E-state index contributed by atoms with van der Waals surface area (Å²) >= 11 is 0. The fourth-order valence-corrected chi connectivity index (χ4v) is 1.31. The standard InChI is InChI=1S/C13H15NO/c1-2-3-4-5-13(15)12-8-6-11(10-14)7-9-12/h3-4,6-9,13,15H,2,5H2,1H3/b4-3+. The molecule has 2 nitrogen and oxygen atoms in total. The summed E-state index contributed by atoms with van der Waals surface area (Å²) in [5, 5.41) is 18.4. The van der Waals surface area contributed by atoms with E-state index in [1.807, 2.05) is 18.2 Å². The highest BCUT2D eigenvalue weighted by Crippen LogP contribution is 2.17. The minimum Gasteiger partial charge on any atom is -0.388 e. The van der Waals surface area contributed by atoms with Gasteiger partial charge in [-0.1, -0.05) is 31.2 Å². The first kappa shape index (κ1) is 11.5. The van der Waals surface area contributed by atoms with Gasteiger partial charge in [-0.05, 0) is 30.5 Å². The molecule has 0 aromatic heterocycles. The number of aliphatic hydroxyl groups excluding tert-OH is 1. The summed E-state index contributed by atoms with van der Waals surface area (Å²) in [5.74, 6) is 0. The van der Waals surface area contributed by atoms with E-state index in [1.165, 1.54) is 0 Å². The molecule has 78 valence electrons. The van der Waals surface area contributed by atoms with Gasteiger partial charge in [-0.2, -0.15) is 5.26 Å². The molecule has 1 rings (SSSR count). The van der Waals surface area contributed by atoms with Gasteiger partial charge >= 0.3 is 0 Å². The maximum atomic E-state index is 9.78. The molecule has 1 aromatic rings. The minimum absolute atomic E-state index is 0.472. The monoisotopic (exact) mass is 201 g/mol. The van der Waals surface area contributed by atoms with Crippen molar-refractivity contribution >= 4 is 0 Å². The van der Waals surface area contributed by atoms with Crippen molar-refractivity contribution in [3.05, 3.63) is 47.5 Å². The lowest BCUT2D eigenvalue weighted by atomic mass is 10.0. The Bertz CT molecular complexity index is 359. The Balaban J connectivity index is 2.62. The normalized spacial score (nSPS) is 12.6. The van der Waals surface area contributed by atoms with Gasteiger partial charge in [0.05, 0.1) is 17.7 Å². The fraction of sp³-hybridized carbons (Fsp3) is 0.308. The van der Waals surface area contributed by atoms with Crippen LogP contribution in [-0.2, 0) is 0 Å². The molecule has 1 N–H and O–H groups in total. The molecule has 1 atom stereocenters. The van der Waals surface area contributed by atoms with Crippen LogP contribution in [0.15, 0.2) is 36.4 Å². The van der Waals surface area contributed by atoms with Crippen molar-refractivity contribution in [1.29, 1.82) is 5.26 Å². The Kier molecular flexibility index (Phi) is 4.59. The quantitative estimate of drug-likeness (QED) is 0.761. The van der Waals surface area contributed by atoms with Gasteiger partial charge in [-0.15, -0.1) is 0 Å². The van der Waals surface area contributed by atoms with Crippen LogP contribution in [0, 0.1) is 11.3 Å². The van der Waals surface area contributed by atoms with E-state index in [-0.39, 0.29) is 0 Å². The summed E-state index contributed by atoms with van der Waals surface area (Å²) in [6.45, 7) is 2.06. The van der Waals surface area contributed by atoms with E-state index in [0.29, 0.717) is 12.0 Å². The molecule has 0 saturated carbocycles. The predicted molar refractivity (Wildman–Crippen MR) is 60.2 cm³/mol. The van der Waals surface area contributed by atoms with E-state index in [9.17, 15) is 5.11 Å². The lowest BCUT2D eigenvalue weighted by molar-refractivity contribution is 0.181. The number of nitrogens with zero attached hydrogens (tertiary/aromatic N) is 1. The molecule has 0 saturated heterocycles. The van der Waals surface area contributed by atoms with Crippen LogP contribution in [-0.4, -0.2) is 5.11 Å². The van der Waals surface area contributed by atoms with Crippen LogP contribution in [0.4, 0.5) is 0 Å². The molecule has 0 fully saturated rings. The molecule has 0 aliphatic rings. The third kappa shape index (κ3) is 3.57. The Hall–Kier alpha value is -1.59. The van der Waals surface area contributed by atoms with Crippen LogP contribution in [0.2, 0.25) is 0 Å². The lowest BCUT2D eigenvalue weighted by Gasteiger charge is -2.07. The van der Waals surface area contributed by atoms with E-state index in [2.05, 4.69) is 6.92 Å². The highest BCUT2D eigenvalue weighted by Gasteiger charge is 2.04. The molecule has 0 aliphatic carbocycles. The van der Waals surface area contributed by atoms with Gasteiger partial charge < -0.3 is 5.11 Å². The number of hydrogen-bond acceptors (Lipinski definition) is 2. The SMILES string of the molecule is CC/C=C/CC(O)c1ccc(C#N)cc1. The molecule has 1 aromatic carbocycles. The smallest absolute Gasteiger partial charge is 0.0991 e. The zero-order chi connectivity index (χ0) is 11.1. The summed E-state index contributed by atoms with van der Waals surface area (Å²) in [6.07, 6.45) is 5.15. The van der Waals surface area contributed by atoms with Crippen molar-refractivity contribution in [3.63, 3.8) is 0 Å². The summed E-state index contributed by atoms with van der Waals surface area (Å²) in [6, 6.07) is 9.09. The lowest BCUT2D eigenvalue weighted by Crippen LogP contribution is -1.95. The van der Waals surface area contributed by atoms with E-state index in [1.54, 1.807) is 24.3 Å². The van der Waals surface area contributed by atoms with Crippen molar-refractivity contribution in [2.75, 3.05) is 0 Å². The second kappa shape index (κ2) is 6.00. The average Bonchev–Trinajstić information content (AvgIpc) is 2.29. The van der Waals surface area contributed by atoms with Gasteiger partial charge in [0, 0.05) is 0 Å². The second-order valence-electron chi connectivity index (χ2n) is 3.36. The van der Waals surface area contributed by atoms with E-state index in [4.69, 9.17) is 5.26 Å². The number of allylic oxidation sites excluding steroid dienone is 1. The molecule has 0 heterocycles. The second-order valence-corrected chi connectivity index (χ2v) is 3.36. The predicted octanol–water partition coefficient (Wildman–Crippen LogP) is 2.95. The van der Waals surface area contributed by atoms with Crippen LogP contribution in [0.3, 0.4) is 0 Å². The highest BCUT2D eigenvalue weighted by atomic mass is 16.3. The molecule has 0 radical (unpaired) electrons. The van der Waals surface area contributed by atoms with Crippen LogP contribution >= 0.6 is 0 Å². The number of nitriles is 1. The Morgan fingerprint density at radius 3 is 2.53 bits per heavy atom. The summed E-state index contributed by atoms with van der Waals surface area (Å²) < 4.78 is 0. The number of rotatable bonds is 4. The van der Waals surface area contributed by atoms with Crippen molar-refractivity contribution in [1.82, 2.24) is 0 Å². The molecule has 0 amide bonds. The van der Waals surface area contributed by atoms with Gasteiger partial charge in [0.15, 0.2) is 0 Å². The third-order valence-corrected chi connectivity index (χ3v) is 2.19. The van der Waals surface area contributed by atoms with Crippen LogP contribution in [0.25, 0.3) is 0 Å². The van der Waals surface area contributed by atoms with Crippen LogP contribution < -0.4 is 0 Å². The molecule has 1 unspecified atom stereocenters. The first-order valence-corrected chi connectivity index (χ1v) is 5.11. The van der Waals surface area contributed by atoms with Gasteiger partial charge in [0.1, 0.15) is 0 Å². The summed E-state index contributed by atoms with van der Waals surface area (Å²) in [5.41, 5.74) is 1.48. The van der Waals surface area contributed by atoms with Crippen LogP contribution in [0.5, 0.6) is 0 Å². The molecule has 2 heteroatoms. The van der Waals surface area contributed by atoms with E-state index in [0.717, 1.165) is 12.0 Å². The van der Waals surface area contributed by atoms with Crippen LogP contribution in [0.1, 0.15) is 37.0 Å².